The standard InChI is InChI=1S/C30H35ClN2O3/c1-21(2)36-24-11-12-29-27(19-24)25(26-5-3-15-32-28(26)20-35-29)6-4-16-33-17-13-30(34,14-18-33)22-7-9-23(31)10-8-22/h3,5-12,15,19,21,26,28,34H,4,13-14,16-18,20H2,1-2H3. The van der Waals surface area contributed by atoms with Gasteiger partial charge in [0, 0.05) is 42.4 Å². The Labute approximate surface area is 219 Å². The summed E-state index contributed by atoms with van der Waals surface area (Å²) in [7, 11) is 0. The fraction of sp³-hybridized carbons (Fsp3) is 0.433. The van der Waals surface area contributed by atoms with Gasteiger partial charge in [-0.15, -0.1) is 0 Å². The third-order valence-corrected chi connectivity index (χ3v) is 7.63. The van der Waals surface area contributed by atoms with E-state index in [-0.39, 0.29) is 18.1 Å². The second-order valence-electron chi connectivity index (χ2n) is 10.2. The number of allylic oxidation sites excluding steroid dienone is 1. The first-order chi connectivity index (χ1) is 17.4. The van der Waals surface area contributed by atoms with Gasteiger partial charge >= 0.3 is 0 Å². The molecule has 2 aromatic rings. The molecule has 2 unspecified atom stereocenters. The van der Waals surface area contributed by atoms with Crippen molar-refractivity contribution < 1.29 is 14.6 Å². The van der Waals surface area contributed by atoms with Crippen molar-refractivity contribution in [3.63, 3.8) is 0 Å². The SMILES string of the molecule is CC(C)Oc1ccc2c(c1)C(=CCCN1CCC(O)(c3ccc(Cl)cc3)CC1)C1C=CC=NC1CO2. The van der Waals surface area contributed by atoms with Gasteiger partial charge in [-0.25, -0.2) is 0 Å². The Kier molecular flexibility index (Phi) is 7.52. The van der Waals surface area contributed by atoms with E-state index in [2.05, 4.69) is 23.1 Å². The van der Waals surface area contributed by atoms with E-state index in [0.29, 0.717) is 11.6 Å². The molecule has 1 N–H and O–H groups in total. The number of benzene rings is 2. The zero-order chi connectivity index (χ0) is 25.1. The number of ether oxygens (including phenoxy) is 2. The molecule has 0 aliphatic carbocycles. The van der Waals surface area contributed by atoms with Crippen LogP contribution in [0.5, 0.6) is 11.5 Å². The highest BCUT2D eigenvalue weighted by atomic mass is 35.5. The van der Waals surface area contributed by atoms with Gasteiger partial charge in [0.2, 0.25) is 0 Å². The summed E-state index contributed by atoms with van der Waals surface area (Å²) in [6.45, 7) is 7.33. The summed E-state index contributed by atoms with van der Waals surface area (Å²) in [5.41, 5.74) is 2.53. The van der Waals surface area contributed by atoms with Crippen molar-refractivity contribution in [2.24, 2.45) is 10.9 Å². The summed E-state index contributed by atoms with van der Waals surface area (Å²) in [4.78, 5) is 7.15. The van der Waals surface area contributed by atoms with Crippen LogP contribution < -0.4 is 9.47 Å². The fourth-order valence-electron chi connectivity index (χ4n) is 5.41. The molecule has 1 fully saturated rings. The topological polar surface area (TPSA) is 54.3 Å². The van der Waals surface area contributed by atoms with Crippen LogP contribution in [-0.4, -0.2) is 54.6 Å². The van der Waals surface area contributed by atoms with E-state index < -0.39 is 5.60 Å². The van der Waals surface area contributed by atoms with Gasteiger partial charge in [0.15, 0.2) is 0 Å². The molecule has 190 valence electrons. The molecule has 6 heteroatoms. The van der Waals surface area contributed by atoms with Crippen LogP contribution in [0.2, 0.25) is 5.02 Å². The summed E-state index contributed by atoms with van der Waals surface area (Å²) >= 11 is 6.03. The zero-order valence-corrected chi connectivity index (χ0v) is 21.8. The molecule has 0 spiro atoms. The van der Waals surface area contributed by atoms with Crippen molar-refractivity contribution in [3.05, 3.63) is 76.8 Å². The largest absolute Gasteiger partial charge is 0.491 e. The maximum Gasteiger partial charge on any atom is 0.127 e. The Balaban J connectivity index is 1.30. The second-order valence-corrected chi connectivity index (χ2v) is 10.7. The number of dihydropyridines is 1. The van der Waals surface area contributed by atoms with Crippen LogP contribution in [0.3, 0.4) is 0 Å². The Morgan fingerprint density at radius 3 is 2.72 bits per heavy atom. The number of aliphatic imine (C=N–C) groups is 1. The summed E-state index contributed by atoms with van der Waals surface area (Å²) in [5.74, 6) is 1.93. The predicted molar refractivity (Wildman–Crippen MR) is 146 cm³/mol. The van der Waals surface area contributed by atoms with Crippen LogP contribution >= 0.6 is 11.6 Å². The van der Waals surface area contributed by atoms with Crippen LogP contribution in [0.25, 0.3) is 5.57 Å². The van der Waals surface area contributed by atoms with Gasteiger partial charge < -0.3 is 19.5 Å². The molecule has 5 rings (SSSR count). The van der Waals surface area contributed by atoms with Gasteiger partial charge in [0.25, 0.3) is 0 Å². The van der Waals surface area contributed by atoms with Gasteiger partial charge in [-0.2, -0.15) is 0 Å². The Hall–Kier alpha value is -2.60. The molecule has 2 aromatic carbocycles. The first-order valence-electron chi connectivity index (χ1n) is 13.0. The number of likely N-dealkylation sites (tertiary alicyclic amines) is 1. The average molecular weight is 507 g/mol. The van der Waals surface area contributed by atoms with Crippen molar-refractivity contribution in [2.75, 3.05) is 26.2 Å². The number of hydrogen-bond acceptors (Lipinski definition) is 5. The van der Waals surface area contributed by atoms with Crippen LogP contribution in [-0.2, 0) is 5.60 Å². The van der Waals surface area contributed by atoms with Gasteiger partial charge in [-0.3, -0.25) is 4.99 Å². The molecule has 0 aromatic heterocycles. The lowest BCUT2D eigenvalue weighted by Crippen LogP contribution is -2.42. The van der Waals surface area contributed by atoms with E-state index in [1.807, 2.05) is 62.5 Å². The monoisotopic (exact) mass is 506 g/mol. The van der Waals surface area contributed by atoms with E-state index in [0.717, 1.165) is 61.5 Å². The number of rotatable bonds is 6. The highest BCUT2D eigenvalue weighted by Gasteiger charge is 2.34. The normalized spacial score (nSPS) is 24.2. The van der Waals surface area contributed by atoms with Gasteiger partial charge in [0.05, 0.1) is 17.7 Å². The number of aliphatic hydroxyl groups is 1. The second kappa shape index (κ2) is 10.8. The molecule has 3 heterocycles. The molecule has 0 amide bonds. The Morgan fingerprint density at radius 2 is 1.97 bits per heavy atom. The number of hydrogen-bond donors (Lipinski definition) is 1. The van der Waals surface area contributed by atoms with Crippen LogP contribution in [0, 0.1) is 5.92 Å². The fourth-order valence-corrected chi connectivity index (χ4v) is 5.54. The number of nitrogens with zero attached hydrogens (tertiary/aromatic N) is 2. The summed E-state index contributed by atoms with van der Waals surface area (Å²) < 4.78 is 12.2. The lowest BCUT2D eigenvalue weighted by atomic mass is 9.84. The van der Waals surface area contributed by atoms with E-state index in [1.54, 1.807) is 0 Å². The quantitative estimate of drug-likeness (QED) is 0.529. The zero-order valence-electron chi connectivity index (χ0n) is 21.1. The van der Waals surface area contributed by atoms with E-state index in [4.69, 9.17) is 26.1 Å². The minimum Gasteiger partial charge on any atom is -0.491 e. The average Bonchev–Trinajstić information content (AvgIpc) is 3.02. The Bertz CT molecular complexity index is 1150. The number of piperidine rings is 1. The van der Waals surface area contributed by atoms with Crippen molar-refractivity contribution in [1.82, 2.24) is 4.90 Å². The minimum atomic E-state index is -0.776. The maximum atomic E-state index is 11.2. The maximum absolute atomic E-state index is 11.2. The molecule has 3 aliphatic heterocycles. The molecule has 36 heavy (non-hydrogen) atoms. The van der Waals surface area contributed by atoms with Crippen molar-refractivity contribution in [3.8, 4) is 11.5 Å². The first-order valence-corrected chi connectivity index (χ1v) is 13.3. The molecule has 0 radical (unpaired) electrons. The lowest BCUT2D eigenvalue weighted by molar-refractivity contribution is -0.0254. The highest BCUT2D eigenvalue weighted by molar-refractivity contribution is 6.30. The minimum absolute atomic E-state index is 0.0764. The van der Waals surface area contributed by atoms with Gasteiger partial charge in [0.1, 0.15) is 18.1 Å². The Morgan fingerprint density at radius 1 is 1.19 bits per heavy atom. The third kappa shape index (κ3) is 5.54. The molecule has 0 bridgehead atoms. The number of fused-ring (bicyclic) bond motifs is 2. The predicted octanol–water partition coefficient (Wildman–Crippen LogP) is 5.90. The highest BCUT2D eigenvalue weighted by Crippen LogP contribution is 2.41. The van der Waals surface area contributed by atoms with Gasteiger partial charge in [-0.05, 0) is 80.7 Å². The van der Waals surface area contributed by atoms with Crippen LogP contribution in [0.1, 0.15) is 44.2 Å². The lowest BCUT2D eigenvalue weighted by Gasteiger charge is -2.38. The van der Waals surface area contributed by atoms with Crippen LogP contribution in [0.4, 0.5) is 0 Å². The molecule has 0 saturated carbocycles. The molecular formula is C30H35ClN2O3. The smallest absolute Gasteiger partial charge is 0.127 e. The molecular weight excluding hydrogens is 472 g/mol. The molecule has 5 nitrogen and oxygen atoms in total. The van der Waals surface area contributed by atoms with E-state index in [9.17, 15) is 5.11 Å². The van der Waals surface area contributed by atoms with Crippen molar-refractivity contribution in [1.29, 1.82) is 0 Å². The number of halogens is 1. The van der Waals surface area contributed by atoms with E-state index in [1.165, 1.54) is 5.57 Å². The van der Waals surface area contributed by atoms with Crippen LogP contribution in [0.15, 0.2) is 65.7 Å². The first kappa shape index (κ1) is 25.1. The van der Waals surface area contributed by atoms with Crippen molar-refractivity contribution >= 4 is 23.4 Å². The third-order valence-electron chi connectivity index (χ3n) is 7.37. The summed E-state index contributed by atoms with van der Waals surface area (Å²) in [6.07, 6.45) is 11.0. The van der Waals surface area contributed by atoms with E-state index >= 15 is 0 Å². The summed E-state index contributed by atoms with van der Waals surface area (Å²) in [5, 5.41) is 11.9. The molecule has 1 saturated heterocycles. The van der Waals surface area contributed by atoms with Gasteiger partial charge in [-0.1, -0.05) is 35.9 Å². The van der Waals surface area contributed by atoms with Crippen molar-refractivity contribution in [2.45, 2.75) is 50.9 Å². The summed E-state index contributed by atoms with van der Waals surface area (Å²) in [6, 6.07) is 13.8. The molecule has 3 aliphatic rings. The molecule has 2 atom stereocenters.